The number of nitrogens with zero attached hydrogens (tertiary/aromatic N) is 3. The molecule has 1 aromatic heterocycles. The van der Waals surface area contributed by atoms with Crippen molar-refractivity contribution in [2.75, 3.05) is 23.3 Å². The zero-order valence-electron chi connectivity index (χ0n) is 14.7. The second-order valence-electron chi connectivity index (χ2n) is 6.93. The Hall–Kier alpha value is -2.83. The van der Waals surface area contributed by atoms with Crippen molar-refractivity contribution in [1.29, 1.82) is 0 Å². The number of primary amides is 1. The van der Waals surface area contributed by atoms with E-state index in [-0.39, 0.29) is 5.91 Å². The van der Waals surface area contributed by atoms with Gasteiger partial charge in [-0.1, -0.05) is 0 Å². The van der Waals surface area contributed by atoms with E-state index in [9.17, 15) is 9.59 Å². The zero-order valence-corrected chi connectivity index (χ0v) is 14.7. The average molecular weight is 353 g/mol. The van der Waals surface area contributed by atoms with Crippen LogP contribution in [0.4, 0.5) is 11.4 Å². The maximum Gasteiger partial charge on any atom is 0.259 e. The number of carbonyl (C=O) groups is 2. The maximum atomic E-state index is 12.9. The van der Waals surface area contributed by atoms with Gasteiger partial charge in [0.05, 0.1) is 28.8 Å². The number of anilines is 2. The summed E-state index contributed by atoms with van der Waals surface area (Å²) in [5.74, 6) is -0.690. The molecule has 2 aliphatic heterocycles. The molecule has 136 valence electrons. The van der Waals surface area contributed by atoms with Gasteiger partial charge in [-0.2, -0.15) is 5.10 Å². The van der Waals surface area contributed by atoms with Gasteiger partial charge in [0.1, 0.15) is 0 Å². The molecule has 0 unspecified atom stereocenters. The second kappa shape index (κ2) is 6.82. The van der Waals surface area contributed by atoms with E-state index in [0.29, 0.717) is 16.8 Å². The van der Waals surface area contributed by atoms with Gasteiger partial charge >= 0.3 is 0 Å². The molecule has 0 saturated carbocycles. The van der Waals surface area contributed by atoms with Crippen molar-refractivity contribution in [2.45, 2.75) is 38.6 Å². The number of amides is 2. The maximum absolute atomic E-state index is 12.9. The molecule has 7 nitrogen and oxygen atoms in total. The molecule has 7 heteroatoms. The van der Waals surface area contributed by atoms with Crippen LogP contribution in [0.2, 0.25) is 0 Å². The number of fused-ring (bicyclic) bond motifs is 1. The van der Waals surface area contributed by atoms with E-state index < -0.39 is 5.91 Å². The number of piperidine rings is 1. The van der Waals surface area contributed by atoms with Gasteiger partial charge in [-0.3, -0.25) is 14.3 Å². The summed E-state index contributed by atoms with van der Waals surface area (Å²) < 4.78 is 1.89. The third-order valence-electron chi connectivity index (χ3n) is 5.20. The highest BCUT2D eigenvalue weighted by Gasteiger charge is 2.23. The van der Waals surface area contributed by atoms with Crippen molar-refractivity contribution in [3.8, 4) is 0 Å². The van der Waals surface area contributed by atoms with Crippen molar-refractivity contribution in [3.05, 3.63) is 41.2 Å². The first-order valence-corrected chi connectivity index (χ1v) is 9.18. The summed E-state index contributed by atoms with van der Waals surface area (Å²) in [5.41, 5.74) is 8.98. The predicted molar refractivity (Wildman–Crippen MR) is 99.5 cm³/mol. The van der Waals surface area contributed by atoms with Crippen molar-refractivity contribution >= 4 is 23.2 Å². The Kier molecular flexibility index (Phi) is 4.36. The molecule has 0 spiro atoms. The van der Waals surface area contributed by atoms with Crippen LogP contribution in [0.1, 0.15) is 52.1 Å². The molecule has 3 heterocycles. The number of aryl methyl sites for hydroxylation is 1. The number of hydrogen-bond acceptors (Lipinski definition) is 4. The third-order valence-corrected chi connectivity index (χ3v) is 5.20. The molecule has 1 aromatic carbocycles. The third kappa shape index (κ3) is 3.05. The fourth-order valence-corrected chi connectivity index (χ4v) is 3.84. The standard InChI is InChI=1S/C19H23N5O2/c20-18(25)13-6-7-17(23-8-2-1-3-9-23)15(11-13)22-19(26)14-12-21-24-10-4-5-16(14)24/h6-7,11-12H,1-5,8-10H2,(H2,20,25)(H,22,26). The first-order valence-electron chi connectivity index (χ1n) is 9.18. The number of benzene rings is 1. The summed E-state index contributed by atoms with van der Waals surface area (Å²) in [7, 11) is 0. The van der Waals surface area contributed by atoms with E-state index in [2.05, 4.69) is 15.3 Å². The quantitative estimate of drug-likeness (QED) is 0.881. The number of nitrogens with two attached hydrogens (primary N) is 1. The molecular weight excluding hydrogens is 330 g/mol. The molecule has 26 heavy (non-hydrogen) atoms. The zero-order chi connectivity index (χ0) is 18.1. The van der Waals surface area contributed by atoms with E-state index in [1.165, 1.54) is 6.42 Å². The fraction of sp³-hybridized carbons (Fsp3) is 0.421. The monoisotopic (exact) mass is 353 g/mol. The van der Waals surface area contributed by atoms with E-state index >= 15 is 0 Å². The Balaban J connectivity index is 1.65. The molecule has 1 saturated heterocycles. The minimum absolute atomic E-state index is 0.187. The summed E-state index contributed by atoms with van der Waals surface area (Å²) in [5, 5.41) is 7.28. The van der Waals surface area contributed by atoms with Gasteiger partial charge in [-0.25, -0.2) is 0 Å². The largest absolute Gasteiger partial charge is 0.370 e. The van der Waals surface area contributed by atoms with Gasteiger partial charge in [0.15, 0.2) is 0 Å². The smallest absolute Gasteiger partial charge is 0.259 e. The van der Waals surface area contributed by atoms with Crippen LogP contribution in [0.3, 0.4) is 0 Å². The Morgan fingerprint density at radius 3 is 2.65 bits per heavy atom. The van der Waals surface area contributed by atoms with Crippen molar-refractivity contribution in [2.24, 2.45) is 5.73 Å². The van der Waals surface area contributed by atoms with Crippen LogP contribution < -0.4 is 16.0 Å². The molecule has 2 aliphatic rings. The summed E-state index contributed by atoms with van der Waals surface area (Å²) >= 11 is 0. The van der Waals surface area contributed by atoms with Gasteiger partial charge in [-0.05, 0) is 50.3 Å². The van der Waals surface area contributed by atoms with Gasteiger partial charge in [0.2, 0.25) is 5.91 Å². The molecule has 1 fully saturated rings. The first-order chi connectivity index (χ1) is 12.6. The van der Waals surface area contributed by atoms with Crippen molar-refractivity contribution < 1.29 is 9.59 Å². The number of hydrogen-bond donors (Lipinski definition) is 2. The molecule has 0 atom stereocenters. The van der Waals surface area contributed by atoms with E-state index in [1.807, 2.05) is 10.7 Å². The highest BCUT2D eigenvalue weighted by atomic mass is 16.2. The molecule has 0 bridgehead atoms. The molecule has 0 radical (unpaired) electrons. The molecule has 2 aromatic rings. The van der Waals surface area contributed by atoms with Crippen molar-refractivity contribution in [3.63, 3.8) is 0 Å². The summed E-state index contributed by atoms with van der Waals surface area (Å²) in [6.07, 6.45) is 6.98. The topological polar surface area (TPSA) is 93.2 Å². The Labute approximate surface area is 152 Å². The summed E-state index contributed by atoms with van der Waals surface area (Å²) in [6, 6.07) is 5.27. The fourth-order valence-electron chi connectivity index (χ4n) is 3.84. The molecule has 0 aliphatic carbocycles. The molecule has 4 rings (SSSR count). The van der Waals surface area contributed by atoms with Crippen LogP contribution >= 0.6 is 0 Å². The Morgan fingerprint density at radius 2 is 1.88 bits per heavy atom. The van der Waals surface area contributed by atoms with E-state index in [1.54, 1.807) is 18.3 Å². The number of nitrogens with one attached hydrogen (secondary N) is 1. The minimum Gasteiger partial charge on any atom is -0.370 e. The van der Waals surface area contributed by atoms with Gasteiger partial charge in [0, 0.05) is 25.2 Å². The lowest BCUT2D eigenvalue weighted by Gasteiger charge is -2.30. The average Bonchev–Trinajstić information content (AvgIpc) is 3.25. The normalized spacial score (nSPS) is 16.4. The predicted octanol–water partition coefficient (Wildman–Crippen LogP) is 2.17. The lowest BCUT2D eigenvalue weighted by Crippen LogP contribution is -2.30. The summed E-state index contributed by atoms with van der Waals surface area (Å²) in [4.78, 5) is 26.7. The van der Waals surface area contributed by atoms with Crippen LogP contribution in [0.25, 0.3) is 0 Å². The van der Waals surface area contributed by atoms with E-state index in [4.69, 9.17) is 5.73 Å². The number of rotatable bonds is 4. The van der Waals surface area contributed by atoms with Gasteiger partial charge in [-0.15, -0.1) is 0 Å². The van der Waals surface area contributed by atoms with Crippen LogP contribution in [-0.4, -0.2) is 34.7 Å². The second-order valence-corrected chi connectivity index (χ2v) is 6.93. The van der Waals surface area contributed by atoms with E-state index in [0.717, 1.165) is 56.7 Å². The lowest BCUT2D eigenvalue weighted by molar-refractivity contribution is 0.0996. The van der Waals surface area contributed by atoms with Gasteiger partial charge < -0.3 is 16.0 Å². The molecular formula is C19H23N5O2. The minimum atomic E-state index is -0.503. The van der Waals surface area contributed by atoms with Crippen LogP contribution in [0.15, 0.2) is 24.4 Å². The number of aromatic nitrogens is 2. The highest BCUT2D eigenvalue weighted by molar-refractivity contribution is 6.07. The lowest BCUT2D eigenvalue weighted by atomic mass is 10.1. The van der Waals surface area contributed by atoms with Gasteiger partial charge in [0.25, 0.3) is 5.91 Å². The number of carbonyl (C=O) groups excluding carboxylic acids is 2. The Bertz CT molecular complexity index is 852. The van der Waals surface area contributed by atoms with Crippen LogP contribution in [0.5, 0.6) is 0 Å². The summed E-state index contributed by atoms with van der Waals surface area (Å²) in [6.45, 7) is 2.75. The first kappa shape index (κ1) is 16.6. The molecule has 3 N–H and O–H groups in total. The van der Waals surface area contributed by atoms with Crippen molar-refractivity contribution in [1.82, 2.24) is 9.78 Å². The molecule has 2 amide bonds. The Morgan fingerprint density at radius 1 is 1.08 bits per heavy atom. The van der Waals surface area contributed by atoms with Crippen LogP contribution in [0, 0.1) is 0 Å². The van der Waals surface area contributed by atoms with Crippen LogP contribution in [-0.2, 0) is 13.0 Å². The highest BCUT2D eigenvalue weighted by Crippen LogP contribution is 2.30. The SMILES string of the molecule is NC(=O)c1ccc(N2CCCCC2)c(NC(=O)c2cnn3c2CCC3)c1.